The second kappa shape index (κ2) is 8.80. The number of nitrogens with zero attached hydrogens (tertiary/aromatic N) is 1. The molecular weight excluding hydrogens is 422 g/mol. The number of methoxy groups -OCH3 is 1. The highest BCUT2D eigenvalue weighted by atomic mass is 32.1. The molecular formula is C25H23N3O3S. The van der Waals surface area contributed by atoms with Crippen LogP contribution in [0.5, 0.6) is 5.75 Å². The number of carbonyl (C=O) groups is 1. The van der Waals surface area contributed by atoms with Gasteiger partial charge in [-0.25, -0.2) is 4.98 Å². The fourth-order valence-corrected chi connectivity index (χ4v) is 3.88. The molecule has 0 spiro atoms. The maximum atomic E-state index is 12.7. The molecule has 7 heteroatoms. The molecule has 0 aliphatic heterocycles. The molecule has 1 amide bonds. The molecule has 0 atom stereocenters. The van der Waals surface area contributed by atoms with Crippen molar-refractivity contribution in [1.29, 1.82) is 0 Å². The van der Waals surface area contributed by atoms with Gasteiger partial charge in [0.25, 0.3) is 5.91 Å². The van der Waals surface area contributed by atoms with Gasteiger partial charge in [0.05, 0.1) is 12.7 Å². The van der Waals surface area contributed by atoms with Gasteiger partial charge in [0.1, 0.15) is 11.3 Å². The highest BCUT2D eigenvalue weighted by Crippen LogP contribution is 2.29. The first kappa shape index (κ1) is 21.5. The highest BCUT2D eigenvalue weighted by molar-refractivity contribution is 7.80. The molecule has 6 nitrogen and oxygen atoms in total. The number of anilines is 1. The van der Waals surface area contributed by atoms with Crippen LogP contribution in [0, 0.1) is 20.8 Å². The van der Waals surface area contributed by atoms with Crippen molar-refractivity contribution in [2.75, 3.05) is 12.4 Å². The van der Waals surface area contributed by atoms with Crippen LogP contribution in [0.15, 0.2) is 59.0 Å². The zero-order chi connectivity index (χ0) is 22.8. The molecule has 0 bridgehead atoms. The summed E-state index contributed by atoms with van der Waals surface area (Å²) in [4.78, 5) is 17.3. The highest BCUT2D eigenvalue weighted by Gasteiger charge is 2.16. The van der Waals surface area contributed by atoms with Crippen molar-refractivity contribution >= 4 is 40.0 Å². The second-order valence-corrected chi connectivity index (χ2v) is 8.00. The Hall–Kier alpha value is -3.71. The summed E-state index contributed by atoms with van der Waals surface area (Å²) in [6.45, 7) is 5.92. The minimum atomic E-state index is -0.344. The van der Waals surface area contributed by atoms with E-state index in [1.165, 1.54) is 7.11 Å². The molecule has 162 valence electrons. The number of benzene rings is 3. The van der Waals surface area contributed by atoms with Crippen LogP contribution in [-0.2, 0) is 0 Å². The lowest BCUT2D eigenvalue weighted by Gasteiger charge is -2.13. The number of fused-ring (bicyclic) bond motifs is 1. The van der Waals surface area contributed by atoms with Gasteiger partial charge in [-0.3, -0.25) is 10.1 Å². The van der Waals surface area contributed by atoms with Gasteiger partial charge in [0.2, 0.25) is 5.89 Å². The van der Waals surface area contributed by atoms with E-state index in [0.717, 1.165) is 33.4 Å². The first-order valence-electron chi connectivity index (χ1n) is 10.1. The van der Waals surface area contributed by atoms with E-state index in [4.69, 9.17) is 21.4 Å². The van der Waals surface area contributed by atoms with E-state index in [2.05, 4.69) is 21.7 Å². The topological polar surface area (TPSA) is 76.4 Å². The fraction of sp³-hybridized carbons (Fsp3) is 0.160. The monoisotopic (exact) mass is 445 g/mol. The summed E-state index contributed by atoms with van der Waals surface area (Å²) in [6, 6.07) is 17.0. The molecule has 32 heavy (non-hydrogen) atoms. The van der Waals surface area contributed by atoms with Crippen molar-refractivity contribution in [3.05, 3.63) is 76.9 Å². The van der Waals surface area contributed by atoms with Gasteiger partial charge in [-0.1, -0.05) is 24.3 Å². The van der Waals surface area contributed by atoms with E-state index in [1.807, 2.05) is 57.2 Å². The van der Waals surface area contributed by atoms with Crippen LogP contribution in [0.3, 0.4) is 0 Å². The van der Waals surface area contributed by atoms with Gasteiger partial charge in [0.15, 0.2) is 10.7 Å². The minimum absolute atomic E-state index is 0.180. The number of oxazole rings is 1. The standard InChI is InChI=1S/C25H23N3O3S/c1-14-11-16(3)22-20(12-14)27-24(31-22)17-8-6-9-18(13-17)26-25(32)28-23(29)19-10-5-7-15(2)21(19)30-4/h5-13H,1-4H3,(H2,26,28,29,32). The third kappa shape index (κ3) is 4.33. The molecule has 3 aromatic carbocycles. The molecule has 4 aromatic rings. The molecule has 0 aliphatic rings. The summed E-state index contributed by atoms with van der Waals surface area (Å²) in [5, 5.41) is 5.93. The summed E-state index contributed by atoms with van der Waals surface area (Å²) in [6.07, 6.45) is 0. The molecule has 0 unspecified atom stereocenters. The van der Waals surface area contributed by atoms with Gasteiger partial charge in [0, 0.05) is 11.3 Å². The van der Waals surface area contributed by atoms with Crippen LogP contribution in [0.1, 0.15) is 27.0 Å². The molecule has 4 rings (SSSR count). The lowest BCUT2D eigenvalue weighted by molar-refractivity contribution is 0.0974. The van der Waals surface area contributed by atoms with Crippen molar-refractivity contribution in [3.8, 4) is 17.2 Å². The van der Waals surface area contributed by atoms with E-state index in [9.17, 15) is 4.79 Å². The molecule has 0 saturated heterocycles. The Bertz CT molecular complexity index is 1340. The van der Waals surface area contributed by atoms with Crippen LogP contribution in [0.25, 0.3) is 22.6 Å². The predicted octanol–water partition coefficient (Wildman–Crippen LogP) is 5.56. The summed E-state index contributed by atoms with van der Waals surface area (Å²) >= 11 is 5.35. The first-order valence-corrected chi connectivity index (χ1v) is 10.5. The lowest BCUT2D eigenvalue weighted by atomic mass is 10.1. The van der Waals surface area contributed by atoms with Crippen LogP contribution in [-0.4, -0.2) is 23.1 Å². The Morgan fingerprint density at radius 1 is 1.03 bits per heavy atom. The Morgan fingerprint density at radius 3 is 2.59 bits per heavy atom. The number of para-hydroxylation sites is 1. The average molecular weight is 446 g/mol. The van der Waals surface area contributed by atoms with E-state index >= 15 is 0 Å². The van der Waals surface area contributed by atoms with Crippen molar-refractivity contribution < 1.29 is 13.9 Å². The van der Waals surface area contributed by atoms with Crippen molar-refractivity contribution in [3.63, 3.8) is 0 Å². The number of hydrogen-bond acceptors (Lipinski definition) is 5. The third-order valence-corrected chi connectivity index (χ3v) is 5.28. The van der Waals surface area contributed by atoms with E-state index < -0.39 is 0 Å². The molecule has 0 radical (unpaired) electrons. The predicted molar refractivity (Wildman–Crippen MR) is 130 cm³/mol. The minimum Gasteiger partial charge on any atom is -0.496 e. The van der Waals surface area contributed by atoms with E-state index in [0.29, 0.717) is 22.9 Å². The number of thiocarbonyl (C=S) groups is 1. The lowest BCUT2D eigenvalue weighted by Crippen LogP contribution is -2.34. The van der Waals surface area contributed by atoms with Crippen LogP contribution >= 0.6 is 12.2 Å². The zero-order valence-corrected chi connectivity index (χ0v) is 19.1. The van der Waals surface area contributed by atoms with Crippen molar-refractivity contribution in [2.24, 2.45) is 0 Å². The number of aryl methyl sites for hydroxylation is 3. The number of carbonyl (C=O) groups excluding carboxylic acids is 1. The van der Waals surface area contributed by atoms with Gasteiger partial charge in [-0.05, 0) is 80.0 Å². The van der Waals surface area contributed by atoms with Crippen LogP contribution in [0.2, 0.25) is 0 Å². The smallest absolute Gasteiger partial charge is 0.261 e. The number of rotatable bonds is 4. The van der Waals surface area contributed by atoms with Gasteiger partial charge in [-0.2, -0.15) is 0 Å². The SMILES string of the molecule is COc1c(C)cccc1C(=O)NC(=S)Nc1cccc(-c2nc3cc(C)cc(C)c3o2)c1. The maximum absolute atomic E-state index is 12.7. The van der Waals surface area contributed by atoms with Gasteiger partial charge < -0.3 is 14.5 Å². The fourth-order valence-electron chi connectivity index (χ4n) is 3.67. The molecule has 1 heterocycles. The molecule has 0 aliphatic carbocycles. The maximum Gasteiger partial charge on any atom is 0.261 e. The number of amides is 1. The van der Waals surface area contributed by atoms with E-state index in [1.54, 1.807) is 12.1 Å². The largest absolute Gasteiger partial charge is 0.496 e. The Labute approximate surface area is 191 Å². The molecule has 0 fully saturated rings. The van der Waals surface area contributed by atoms with E-state index in [-0.39, 0.29) is 11.0 Å². The number of hydrogen-bond donors (Lipinski definition) is 2. The van der Waals surface area contributed by atoms with Crippen LogP contribution in [0.4, 0.5) is 5.69 Å². The van der Waals surface area contributed by atoms with Gasteiger partial charge >= 0.3 is 0 Å². The summed E-state index contributed by atoms with van der Waals surface area (Å²) in [5.74, 6) is 0.706. The summed E-state index contributed by atoms with van der Waals surface area (Å²) in [5.41, 5.74) is 6.58. The van der Waals surface area contributed by atoms with Gasteiger partial charge in [-0.15, -0.1) is 0 Å². The number of aromatic nitrogens is 1. The molecule has 2 N–H and O–H groups in total. The Morgan fingerprint density at radius 2 is 1.81 bits per heavy atom. The number of ether oxygens (including phenoxy) is 1. The van der Waals surface area contributed by atoms with Crippen molar-refractivity contribution in [1.82, 2.24) is 10.3 Å². The summed E-state index contributed by atoms with van der Waals surface area (Å²) < 4.78 is 11.4. The normalized spacial score (nSPS) is 10.8. The second-order valence-electron chi connectivity index (χ2n) is 7.59. The summed E-state index contributed by atoms with van der Waals surface area (Å²) in [7, 11) is 1.54. The van der Waals surface area contributed by atoms with Crippen molar-refractivity contribution in [2.45, 2.75) is 20.8 Å². The quantitative estimate of drug-likeness (QED) is 0.401. The Kier molecular flexibility index (Phi) is 5.92. The number of nitrogens with one attached hydrogen (secondary N) is 2. The Balaban J connectivity index is 1.52. The molecule has 1 aromatic heterocycles. The van der Waals surface area contributed by atoms with Crippen LogP contribution < -0.4 is 15.4 Å². The first-order chi connectivity index (χ1) is 15.4. The third-order valence-electron chi connectivity index (χ3n) is 5.08. The average Bonchev–Trinajstić information content (AvgIpc) is 3.18. The zero-order valence-electron chi connectivity index (χ0n) is 18.3. The molecule has 0 saturated carbocycles.